The van der Waals surface area contributed by atoms with Gasteiger partial charge in [-0.1, -0.05) is 6.92 Å². The standard InChI is InChI=1S/C13H21BrN2S/c1-2-7-16(9-10-3-4-10)11(8-15)12-5-6-13(14)17-12/h5-6,10-11H,2-4,7-9,15H2,1H3. The highest BCUT2D eigenvalue weighted by Crippen LogP contribution is 2.35. The van der Waals surface area contributed by atoms with Gasteiger partial charge in [0.25, 0.3) is 0 Å². The quantitative estimate of drug-likeness (QED) is 0.832. The van der Waals surface area contributed by atoms with Crippen LogP contribution in [-0.2, 0) is 0 Å². The Labute approximate surface area is 116 Å². The molecule has 0 radical (unpaired) electrons. The van der Waals surface area contributed by atoms with Crippen molar-refractivity contribution in [2.75, 3.05) is 19.6 Å². The van der Waals surface area contributed by atoms with Gasteiger partial charge < -0.3 is 5.73 Å². The minimum atomic E-state index is 0.409. The summed E-state index contributed by atoms with van der Waals surface area (Å²) in [5, 5.41) is 0. The lowest BCUT2D eigenvalue weighted by atomic mass is 10.1. The maximum absolute atomic E-state index is 5.99. The molecule has 0 saturated heterocycles. The van der Waals surface area contributed by atoms with E-state index in [1.165, 1.54) is 34.5 Å². The van der Waals surface area contributed by atoms with Crippen molar-refractivity contribution < 1.29 is 0 Å². The van der Waals surface area contributed by atoms with Crippen LogP contribution >= 0.6 is 27.3 Å². The Hall–Kier alpha value is 0.1000. The van der Waals surface area contributed by atoms with Gasteiger partial charge in [0.1, 0.15) is 0 Å². The van der Waals surface area contributed by atoms with Gasteiger partial charge in [-0.25, -0.2) is 0 Å². The van der Waals surface area contributed by atoms with E-state index in [0.29, 0.717) is 6.04 Å². The zero-order valence-electron chi connectivity index (χ0n) is 10.4. The first-order valence-corrected chi connectivity index (χ1v) is 8.05. The van der Waals surface area contributed by atoms with E-state index in [4.69, 9.17) is 5.73 Å². The molecule has 1 saturated carbocycles. The molecule has 96 valence electrons. The molecule has 1 unspecified atom stereocenters. The summed E-state index contributed by atoms with van der Waals surface area (Å²) in [5.74, 6) is 0.930. The van der Waals surface area contributed by atoms with Crippen LogP contribution in [0.1, 0.15) is 37.1 Å². The molecule has 2 rings (SSSR count). The summed E-state index contributed by atoms with van der Waals surface area (Å²) >= 11 is 5.36. The van der Waals surface area contributed by atoms with Gasteiger partial charge in [-0.2, -0.15) is 0 Å². The van der Waals surface area contributed by atoms with Gasteiger partial charge in [-0.15, -0.1) is 11.3 Å². The predicted octanol–water partition coefficient (Wildman–Crippen LogP) is 3.63. The fraction of sp³-hybridized carbons (Fsp3) is 0.692. The van der Waals surface area contributed by atoms with Crippen molar-refractivity contribution in [3.05, 3.63) is 20.8 Å². The van der Waals surface area contributed by atoms with E-state index in [1.807, 2.05) is 11.3 Å². The molecular weight excluding hydrogens is 296 g/mol. The maximum atomic E-state index is 5.99. The Bertz CT molecular complexity index is 349. The first-order chi connectivity index (χ1) is 8.24. The third kappa shape index (κ3) is 3.78. The molecule has 0 spiro atoms. The highest BCUT2D eigenvalue weighted by Gasteiger charge is 2.28. The van der Waals surface area contributed by atoms with Gasteiger partial charge in [0.05, 0.1) is 9.83 Å². The molecule has 2 N–H and O–H groups in total. The van der Waals surface area contributed by atoms with Gasteiger partial charge in [0.15, 0.2) is 0 Å². The number of halogens is 1. The van der Waals surface area contributed by atoms with Crippen LogP contribution in [0.3, 0.4) is 0 Å². The van der Waals surface area contributed by atoms with Crippen molar-refractivity contribution in [1.82, 2.24) is 4.90 Å². The lowest BCUT2D eigenvalue weighted by Crippen LogP contribution is -2.35. The molecule has 1 aliphatic carbocycles. The summed E-state index contributed by atoms with van der Waals surface area (Å²) in [4.78, 5) is 3.98. The summed E-state index contributed by atoms with van der Waals surface area (Å²) in [6, 6.07) is 4.75. The van der Waals surface area contributed by atoms with E-state index in [9.17, 15) is 0 Å². The highest BCUT2D eigenvalue weighted by atomic mass is 79.9. The molecular formula is C13H21BrN2S. The third-order valence-electron chi connectivity index (χ3n) is 3.29. The van der Waals surface area contributed by atoms with Crippen LogP contribution < -0.4 is 5.73 Å². The zero-order valence-corrected chi connectivity index (χ0v) is 12.8. The average molecular weight is 317 g/mol. The van der Waals surface area contributed by atoms with Crippen LogP contribution in [0.15, 0.2) is 15.9 Å². The second kappa shape index (κ2) is 6.32. The van der Waals surface area contributed by atoms with Crippen molar-refractivity contribution in [3.8, 4) is 0 Å². The van der Waals surface area contributed by atoms with E-state index >= 15 is 0 Å². The molecule has 17 heavy (non-hydrogen) atoms. The fourth-order valence-corrected chi connectivity index (χ4v) is 3.82. The number of hydrogen-bond acceptors (Lipinski definition) is 3. The Balaban J connectivity index is 2.06. The van der Waals surface area contributed by atoms with Crippen LogP contribution in [0, 0.1) is 5.92 Å². The van der Waals surface area contributed by atoms with E-state index in [1.54, 1.807) is 0 Å². The van der Waals surface area contributed by atoms with Crippen LogP contribution in [-0.4, -0.2) is 24.5 Å². The summed E-state index contributed by atoms with van der Waals surface area (Å²) < 4.78 is 1.20. The van der Waals surface area contributed by atoms with Crippen LogP contribution in [0.5, 0.6) is 0 Å². The molecule has 2 nitrogen and oxygen atoms in total. The molecule has 1 aromatic heterocycles. The summed E-state index contributed by atoms with van der Waals surface area (Å²) in [7, 11) is 0. The molecule has 0 aromatic carbocycles. The predicted molar refractivity (Wildman–Crippen MR) is 78.4 cm³/mol. The largest absolute Gasteiger partial charge is 0.329 e. The Morgan fingerprint density at radius 2 is 2.29 bits per heavy atom. The minimum Gasteiger partial charge on any atom is -0.329 e. The number of hydrogen-bond donors (Lipinski definition) is 1. The lowest BCUT2D eigenvalue weighted by molar-refractivity contribution is 0.196. The van der Waals surface area contributed by atoms with Crippen molar-refractivity contribution in [1.29, 1.82) is 0 Å². The topological polar surface area (TPSA) is 29.3 Å². The van der Waals surface area contributed by atoms with Gasteiger partial charge in [0.2, 0.25) is 0 Å². The van der Waals surface area contributed by atoms with Crippen molar-refractivity contribution in [3.63, 3.8) is 0 Å². The molecule has 0 bridgehead atoms. The van der Waals surface area contributed by atoms with Crippen molar-refractivity contribution in [2.45, 2.75) is 32.2 Å². The normalized spacial score (nSPS) is 17.6. The molecule has 1 atom stereocenters. The molecule has 1 aliphatic rings. The number of nitrogens with two attached hydrogens (primary N) is 1. The van der Waals surface area contributed by atoms with Gasteiger partial charge >= 0.3 is 0 Å². The maximum Gasteiger partial charge on any atom is 0.0702 e. The zero-order chi connectivity index (χ0) is 12.3. The fourth-order valence-electron chi connectivity index (χ4n) is 2.25. The Morgan fingerprint density at radius 3 is 2.76 bits per heavy atom. The molecule has 1 aromatic rings. The van der Waals surface area contributed by atoms with E-state index < -0.39 is 0 Å². The van der Waals surface area contributed by atoms with Gasteiger partial charge in [0, 0.05) is 18.0 Å². The molecule has 1 fully saturated rings. The second-order valence-corrected chi connectivity index (χ2v) is 7.33. The number of nitrogens with zero attached hydrogens (tertiary/aromatic N) is 1. The Morgan fingerprint density at radius 1 is 1.53 bits per heavy atom. The van der Waals surface area contributed by atoms with Crippen molar-refractivity contribution in [2.24, 2.45) is 11.7 Å². The third-order valence-corrected chi connectivity index (χ3v) is 5.01. The summed E-state index contributed by atoms with van der Waals surface area (Å²) in [6.45, 7) is 5.36. The molecule has 0 amide bonds. The van der Waals surface area contributed by atoms with E-state index in [2.05, 4.69) is 39.9 Å². The van der Waals surface area contributed by atoms with E-state index in [-0.39, 0.29) is 0 Å². The minimum absolute atomic E-state index is 0.409. The second-order valence-electron chi connectivity index (χ2n) is 4.83. The smallest absolute Gasteiger partial charge is 0.0702 e. The molecule has 0 aliphatic heterocycles. The van der Waals surface area contributed by atoms with Crippen LogP contribution in [0.25, 0.3) is 0 Å². The molecule has 1 heterocycles. The van der Waals surface area contributed by atoms with Crippen molar-refractivity contribution >= 4 is 27.3 Å². The highest BCUT2D eigenvalue weighted by molar-refractivity contribution is 9.11. The lowest BCUT2D eigenvalue weighted by Gasteiger charge is -2.30. The number of rotatable bonds is 7. The first kappa shape index (κ1) is 13.5. The first-order valence-electron chi connectivity index (χ1n) is 6.44. The van der Waals surface area contributed by atoms with Crippen LogP contribution in [0.4, 0.5) is 0 Å². The number of thiophene rings is 1. The van der Waals surface area contributed by atoms with Crippen LogP contribution in [0.2, 0.25) is 0 Å². The Kier molecular flexibility index (Phi) is 5.03. The summed E-state index contributed by atoms with van der Waals surface area (Å²) in [6.07, 6.45) is 4.02. The SMILES string of the molecule is CCCN(CC1CC1)C(CN)c1ccc(Br)s1. The monoisotopic (exact) mass is 316 g/mol. The average Bonchev–Trinajstić information content (AvgIpc) is 3.02. The van der Waals surface area contributed by atoms with Gasteiger partial charge in [-0.05, 0) is 59.8 Å². The summed E-state index contributed by atoms with van der Waals surface area (Å²) in [5.41, 5.74) is 5.99. The molecule has 4 heteroatoms. The van der Waals surface area contributed by atoms with Gasteiger partial charge in [-0.3, -0.25) is 4.90 Å². The van der Waals surface area contributed by atoms with E-state index in [0.717, 1.165) is 19.0 Å².